The van der Waals surface area contributed by atoms with Crippen LogP contribution in [0.4, 0.5) is 11.4 Å². The minimum atomic E-state index is 0.280. The highest BCUT2D eigenvalue weighted by atomic mass is 15.0. The average Bonchev–Trinajstić information content (AvgIpc) is 3.42. The lowest BCUT2D eigenvalue weighted by Crippen LogP contribution is -2.03. The summed E-state index contributed by atoms with van der Waals surface area (Å²) in [5, 5.41) is 6.32. The fourth-order valence-electron chi connectivity index (χ4n) is 6.26. The van der Waals surface area contributed by atoms with Crippen LogP contribution in [0.5, 0.6) is 0 Å². The van der Waals surface area contributed by atoms with Gasteiger partial charge < -0.3 is 9.88 Å². The minimum absolute atomic E-state index is 0.280. The van der Waals surface area contributed by atoms with Crippen LogP contribution >= 0.6 is 0 Å². The summed E-state index contributed by atoms with van der Waals surface area (Å²) in [6.45, 7) is 0. The molecule has 7 aromatic rings. The number of hydrogen-bond acceptors (Lipinski definition) is 3. The molecule has 1 unspecified atom stereocenters. The zero-order valence-corrected chi connectivity index (χ0v) is 24.1. The molecule has 0 fully saturated rings. The summed E-state index contributed by atoms with van der Waals surface area (Å²) in [6.07, 6.45) is 13.6. The van der Waals surface area contributed by atoms with Gasteiger partial charge in [0.2, 0.25) is 0 Å². The molecule has 4 heteroatoms. The fourth-order valence-corrected chi connectivity index (χ4v) is 6.26. The summed E-state index contributed by atoms with van der Waals surface area (Å²) in [4.78, 5) is 9.43. The van der Waals surface area contributed by atoms with Gasteiger partial charge in [0.05, 0.1) is 11.0 Å². The van der Waals surface area contributed by atoms with E-state index in [-0.39, 0.29) is 5.92 Å². The van der Waals surface area contributed by atoms with Crippen LogP contribution in [0.15, 0.2) is 158 Å². The molecule has 210 valence electrons. The van der Waals surface area contributed by atoms with E-state index in [0.29, 0.717) is 5.82 Å². The van der Waals surface area contributed by atoms with Gasteiger partial charge in [-0.2, -0.15) is 0 Å². The maximum absolute atomic E-state index is 4.72. The van der Waals surface area contributed by atoms with Gasteiger partial charge in [-0.3, -0.25) is 0 Å². The SMILES string of the molecule is C1=CCC(c2cc3c4ccccc4n(-c4ccccc4)c3cc2Nc2cccc(-c3ncc(-c4ccccc4)cn3)c2)C=C1. The van der Waals surface area contributed by atoms with Crippen molar-refractivity contribution in [2.24, 2.45) is 0 Å². The van der Waals surface area contributed by atoms with Crippen LogP contribution in [0.2, 0.25) is 0 Å². The highest BCUT2D eigenvalue weighted by Crippen LogP contribution is 2.40. The molecule has 1 N–H and O–H groups in total. The first-order valence-electron chi connectivity index (χ1n) is 15.0. The van der Waals surface area contributed by atoms with Crippen LogP contribution in [0, 0.1) is 0 Å². The molecule has 0 saturated carbocycles. The predicted molar refractivity (Wildman–Crippen MR) is 183 cm³/mol. The normalized spacial score (nSPS) is 14.3. The number of benzene rings is 5. The number of aromatic nitrogens is 3. The Labute approximate surface area is 256 Å². The van der Waals surface area contributed by atoms with Crippen LogP contribution in [-0.4, -0.2) is 14.5 Å². The second kappa shape index (κ2) is 11.2. The molecular weight excluding hydrogens is 536 g/mol. The van der Waals surface area contributed by atoms with E-state index in [9.17, 15) is 0 Å². The molecule has 1 aliphatic carbocycles. The molecule has 2 aromatic heterocycles. The average molecular weight is 567 g/mol. The lowest BCUT2D eigenvalue weighted by atomic mass is 9.90. The Kier molecular flexibility index (Phi) is 6.58. The van der Waals surface area contributed by atoms with Crippen molar-refractivity contribution >= 4 is 33.2 Å². The molecule has 0 bridgehead atoms. The minimum Gasteiger partial charge on any atom is -0.355 e. The maximum Gasteiger partial charge on any atom is 0.159 e. The van der Waals surface area contributed by atoms with Crippen molar-refractivity contribution in [3.63, 3.8) is 0 Å². The molecule has 1 atom stereocenters. The van der Waals surface area contributed by atoms with Crippen molar-refractivity contribution < 1.29 is 0 Å². The molecule has 1 aliphatic rings. The second-order valence-corrected chi connectivity index (χ2v) is 11.2. The van der Waals surface area contributed by atoms with Gasteiger partial charge in [-0.1, -0.05) is 103 Å². The molecular formula is C40H30N4. The lowest BCUT2D eigenvalue weighted by molar-refractivity contribution is 0.857. The monoisotopic (exact) mass is 566 g/mol. The summed E-state index contributed by atoms with van der Waals surface area (Å²) in [5.74, 6) is 0.983. The molecule has 0 amide bonds. The summed E-state index contributed by atoms with van der Waals surface area (Å²) in [5.41, 5.74) is 9.98. The van der Waals surface area contributed by atoms with Crippen LogP contribution in [0.1, 0.15) is 17.9 Å². The molecule has 2 heterocycles. The fraction of sp³-hybridized carbons (Fsp3) is 0.0500. The Morgan fingerprint density at radius 2 is 1.36 bits per heavy atom. The molecule has 4 nitrogen and oxygen atoms in total. The zero-order chi connectivity index (χ0) is 29.3. The number of rotatable bonds is 6. The number of nitrogens with one attached hydrogen (secondary N) is 1. The van der Waals surface area contributed by atoms with Gasteiger partial charge >= 0.3 is 0 Å². The van der Waals surface area contributed by atoms with Crippen molar-refractivity contribution in [3.8, 4) is 28.2 Å². The number of fused-ring (bicyclic) bond motifs is 3. The third-order valence-electron chi connectivity index (χ3n) is 8.40. The Balaban J connectivity index is 1.23. The highest BCUT2D eigenvalue weighted by Gasteiger charge is 2.20. The quantitative estimate of drug-likeness (QED) is 0.218. The van der Waals surface area contributed by atoms with Gasteiger partial charge in [0.15, 0.2) is 5.82 Å². The standard InChI is InChI=1S/C40H30N4/c1-4-13-28(14-5-1)31-26-41-40(42-27-31)30-17-12-18-32(23-30)43-37-25-39-36(24-35(37)29-15-6-2-7-16-29)34-21-10-11-22-38(34)44(39)33-19-8-3-9-20-33/h1-15,17-27,29,43H,16H2. The number of allylic oxidation sites excluding steroid dienone is 4. The van der Waals surface area contributed by atoms with E-state index in [0.717, 1.165) is 40.2 Å². The van der Waals surface area contributed by atoms with Gasteiger partial charge in [0, 0.05) is 57.3 Å². The van der Waals surface area contributed by atoms with Gasteiger partial charge in [-0.25, -0.2) is 9.97 Å². The molecule has 44 heavy (non-hydrogen) atoms. The molecule has 0 saturated heterocycles. The largest absolute Gasteiger partial charge is 0.355 e. The summed E-state index contributed by atoms with van der Waals surface area (Å²) in [7, 11) is 0. The zero-order valence-electron chi connectivity index (χ0n) is 24.1. The van der Waals surface area contributed by atoms with E-state index < -0.39 is 0 Å². The van der Waals surface area contributed by atoms with E-state index in [1.54, 1.807) is 0 Å². The Morgan fingerprint density at radius 3 is 2.16 bits per heavy atom. The van der Waals surface area contributed by atoms with Crippen molar-refractivity contribution in [3.05, 3.63) is 164 Å². The third-order valence-corrected chi connectivity index (χ3v) is 8.40. The first-order chi connectivity index (χ1) is 21.8. The molecule has 5 aromatic carbocycles. The van der Waals surface area contributed by atoms with Crippen molar-refractivity contribution in [2.75, 3.05) is 5.32 Å². The predicted octanol–water partition coefficient (Wildman–Crippen LogP) is 10.3. The van der Waals surface area contributed by atoms with Gasteiger partial charge in [0.1, 0.15) is 0 Å². The molecule has 8 rings (SSSR count). The van der Waals surface area contributed by atoms with E-state index in [1.807, 2.05) is 30.6 Å². The van der Waals surface area contributed by atoms with Crippen molar-refractivity contribution in [1.82, 2.24) is 14.5 Å². The Morgan fingerprint density at radius 1 is 0.614 bits per heavy atom. The molecule has 0 radical (unpaired) electrons. The summed E-state index contributed by atoms with van der Waals surface area (Å²) in [6, 6.07) is 42.6. The van der Waals surface area contributed by atoms with Crippen LogP contribution in [-0.2, 0) is 0 Å². The number of nitrogens with zero attached hydrogens (tertiary/aromatic N) is 3. The number of para-hydroxylation sites is 2. The van der Waals surface area contributed by atoms with Crippen molar-refractivity contribution in [1.29, 1.82) is 0 Å². The van der Waals surface area contributed by atoms with E-state index in [4.69, 9.17) is 9.97 Å². The van der Waals surface area contributed by atoms with Gasteiger partial charge in [-0.05, 0) is 60.0 Å². The second-order valence-electron chi connectivity index (χ2n) is 11.2. The summed E-state index contributed by atoms with van der Waals surface area (Å²) < 4.78 is 2.37. The smallest absolute Gasteiger partial charge is 0.159 e. The Bertz CT molecular complexity index is 2160. The molecule has 0 aliphatic heterocycles. The maximum atomic E-state index is 4.72. The first kappa shape index (κ1) is 25.9. The van der Waals surface area contributed by atoms with E-state index in [2.05, 4.69) is 137 Å². The lowest BCUT2D eigenvalue weighted by Gasteiger charge is -2.20. The highest BCUT2D eigenvalue weighted by molar-refractivity contribution is 6.10. The van der Waals surface area contributed by atoms with Crippen LogP contribution in [0.3, 0.4) is 0 Å². The summed E-state index contributed by atoms with van der Waals surface area (Å²) >= 11 is 0. The van der Waals surface area contributed by atoms with Crippen LogP contribution < -0.4 is 5.32 Å². The molecule has 0 spiro atoms. The van der Waals surface area contributed by atoms with E-state index in [1.165, 1.54) is 27.4 Å². The number of anilines is 2. The number of hydrogen-bond donors (Lipinski definition) is 1. The van der Waals surface area contributed by atoms with Gasteiger partial charge in [-0.15, -0.1) is 0 Å². The van der Waals surface area contributed by atoms with Gasteiger partial charge in [0.25, 0.3) is 0 Å². The first-order valence-corrected chi connectivity index (χ1v) is 15.0. The van der Waals surface area contributed by atoms with E-state index >= 15 is 0 Å². The Hall–Kier alpha value is -5.74. The third kappa shape index (κ3) is 4.77. The van der Waals surface area contributed by atoms with Crippen LogP contribution in [0.25, 0.3) is 50.0 Å². The topological polar surface area (TPSA) is 42.7 Å². The van der Waals surface area contributed by atoms with Crippen molar-refractivity contribution in [2.45, 2.75) is 12.3 Å².